The van der Waals surface area contributed by atoms with Gasteiger partial charge in [-0.2, -0.15) is 0 Å². The first-order valence-corrected chi connectivity index (χ1v) is 7.49. The summed E-state index contributed by atoms with van der Waals surface area (Å²) in [6.07, 6.45) is 4.89. The van der Waals surface area contributed by atoms with E-state index in [1.165, 1.54) is 12.8 Å². The van der Waals surface area contributed by atoms with E-state index in [4.69, 9.17) is 0 Å². The van der Waals surface area contributed by atoms with Crippen molar-refractivity contribution < 1.29 is 14.7 Å². The van der Waals surface area contributed by atoms with Crippen LogP contribution in [-0.2, 0) is 9.59 Å². The van der Waals surface area contributed by atoms with Gasteiger partial charge >= 0.3 is 5.97 Å². The topological polar surface area (TPSA) is 57.6 Å². The Labute approximate surface area is 115 Å². The summed E-state index contributed by atoms with van der Waals surface area (Å²) in [4.78, 5) is 25.6. The van der Waals surface area contributed by atoms with Crippen LogP contribution in [-0.4, -0.2) is 34.0 Å². The molecular weight excluding hydrogens is 242 g/mol. The van der Waals surface area contributed by atoms with Crippen molar-refractivity contribution in [2.75, 3.05) is 0 Å². The van der Waals surface area contributed by atoms with Crippen molar-refractivity contribution in [1.82, 2.24) is 4.90 Å². The average molecular weight is 267 g/mol. The second-order valence-electron chi connectivity index (χ2n) is 6.33. The third kappa shape index (κ3) is 2.93. The van der Waals surface area contributed by atoms with E-state index in [-0.39, 0.29) is 23.9 Å². The first-order chi connectivity index (χ1) is 8.95. The maximum atomic E-state index is 12.3. The number of rotatable bonds is 5. The molecule has 1 heterocycles. The fourth-order valence-electron chi connectivity index (χ4n) is 3.58. The highest BCUT2D eigenvalue weighted by atomic mass is 16.4. The van der Waals surface area contributed by atoms with Crippen molar-refractivity contribution in [3.63, 3.8) is 0 Å². The Morgan fingerprint density at radius 3 is 2.53 bits per heavy atom. The molecule has 0 bridgehead atoms. The number of nitrogens with zero attached hydrogens (tertiary/aromatic N) is 1. The summed E-state index contributed by atoms with van der Waals surface area (Å²) in [5.41, 5.74) is 0. The van der Waals surface area contributed by atoms with E-state index >= 15 is 0 Å². The number of carboxylic acid groups (broad SMARTS) is 1. The first kappa shape index (κ1) is 14.4. The number of carbonyl (C=O) groups is 2. The minimum absolute atomic E-state index is 0.0605. The number of aliphatic carboxylic acids is 1. The van der Waals surface area contributed by atoms with E-state index in [1.807, 2.05) is 18.7 Å². The van der Waals surface area contributed by atoms with Crippen LogP contribution in [0.4, 0.5) is 0 Å². The molecule has 2 aliphatic rings. The van der Waals surface area contributed by atoms with Gasteiger partial charge in [0, 0.05) is 18.5 Å². The summed E-state index contributed by atoms with van der Waals surface area (Å²) in [6, 6.07) is 0.0433. The second kappa shape index (κ2) is 5.51. The molecule has 19 heavy (non-hydrogen) atoms. The van der Waals surface area contributed by atoms with Crippen molar-refractivity contribution in [2.45, 2.75) is 65.0 Å². The van der Waals surface area contributed by atoms with Crippen LogP contribution in [0.1, 0.15) is 52.9 Å². The molecule has 1 aliphatic heterocycles. The SMILES string of the molecule is CCC(CC1CC1)N1C(=O)CC(C)C(C(=O)O)C1C. The molecule has 4 heteroatoms. The van der Waals surface area contributed by atoms with Crippen LogP contribution in [0.3, 0.4) is 0 Å². The molecule has 4 atom stereocenters. The Morgan fingerprint density at radius 1 is 1.42 bits per heavy atom. The fourth-order valence-corrected chi connectivity index (χ4v) is 3.58. The van der Waals surface area contributed by atoms with Crippen LogP contribution >= 0.6 is 0 Å². The van der Waals surface area contributed by atoms with E-state index < -0.39 is 11.9 Å². The Balaban J connectivity index is 2.15. The molecular formula is C15H25NO3. The Kier molecular flexibility index (Phi) is 4.16. The van der Waals surface area contributed by atoms with Crippen molar-refractivity contribution in [2.24, 2.45) is 17.8 Å². The second-order valence-corrected chi connectivity index (χ2v) is 6.33. The summed E-state index contributed by atoms with van der Waals surface area (Å²) >= 11 is 0. The molecule has 2 fully saturated rings. The number of piperidine rings is 1. The lowest BCUT2D eigenvalue weighted by molar-refractivity contribution is -0.157. The van der Waals surface area contributed by atoms with Gasteiger partial charge in [0.25, 0.3) is 0 Å². The predicted octanol–water partition coefficient (Wildman–Crippen LogP) is 2.52. The number of hydrogen-bond donors (Lipinski definition) is 1. The zero-order valence-corrected chi connectivity index (χ0v) is 12.1. The predicted molar refractivity (Wildman–Crippen MR) is 72.6 cm³/mol. The molecule has 1 saturated carbocycles. The van der Waals surface area contributed by atoms with Gasteiger partial charge in [0.15, 0.2) is 0 Å². The van der Waals surface area contributed by atoms with Crippen LogP contribution in [0.2, 0.25) is 0 Å². The van der Waals surface area contributed by atoms with Gasteiger partial charge in [0.05, 0.1) is 5.92 Å². The quantitative estimate of drug-likeness (QED) is 0.832. The summed E-state index contributed by atoms with van der Waals surface area (Å²) in [7, 11) is 0. The number of hydrogen-bond acceptors (Lipinski definition) is 2. The molecule has 4 nitrogen and oxygen atoms in total. The maximum absolute atomic E-state index is 12.3. The molecule has 108 valence electrons. The van der Waals surface area contributed by atoms with Gasteiger partial charge in [-0.1, -0.05) is 26.7 Å². The van der Waals surface area contributed by atoms with Crippen molar-refractivity contribution >= 4 is 11.9 Å². The number of carbonyl (C=O) groups excluding carboxylic acids is 1. The van der Waals surface area contributed by atoms with Crippen LogP contribution in [0, 0.1) is 17.8 Å². The van der Waals surface area contributed by atoms with Gasteiger partial charge in [-0.25, -0.2) is 0 Å². The Bertz CT molecular complexity index is 364. The van der Waals surface area contributed by atoms with Gasteiger partial charge < -0.3 is 10.0 Å². The van der Waals surface area contributed by atoms with Gasteiger partial charge in [0.2, 0.25) is 5.91 Å². The van der Waals surface area contributed by atoms with E-state index in [1.54, 1.807) is 0 Å². The minimum Gasteiger partial charge on any atom is -0.481 e. The highest BCUT2D eigenvalue weighted by Gasteiger charge is 2.44. The zero-order valence-electron chi connectivity index (χ0n) is 12.1. The first-order valence-electron chi connectivity index (χ1n) is 7.49. The molecule has 0 aromatic rings. The zero-order chi connectivity index (χ0) is 14.2. The van der Waals surface area contributed by atoms with Gasteiger partial charge in [0.1, 0.15) is 0 Å². The molecule has 0 aromatic carbocycles. The fraction of sp³-hybridized carbons (Fsp3) is 0.867. The van der Waals surface area contributed by atoms with Gasteiger partial charge in [-0.15, -0.1) is 0 Å². The van der Waals surface area contributed by atoms with Gasteiger partial charge in [-0.05, 0) is 31.6 Å². The normalized spacial score (nSPS) is 33.3. The van der Waals surface area contributed by atoms with Crippen LogP contribution in [0.15, 0.2) is 0 Å². The number of carboxylic acids is 1. The molecule has 0 radical (unpaired) electrons. The third-order valence-corrected chi connectivity index (χ3v) is 4.81. The molecule has 0 spiro atoms. The minimum atomic E-state index is -0.765. The van der Waals surface area contributed by atoms with Crippen molar-refractivity contribution in [3.05, 3.63) is 0 Å². The summed E-state index contributed by atoms with van der Waals surface area (Å²) in [5, 5.41) is 9.39. The van der Waals surface area contributed by atoms with Crippen LogP contribution in [0.5, 0.6) is 0 Å². The van der Waals surface area contributed by atoms with E-state index in [0.717, 1.165) is 18.8 Å². The monoisotopic (exact) mass is 267 g/mol. The summed E-state index contributed by atoms with van der Waals surface area (Å²) in [6.45, 7) is 5.88. The highest BCUT2D eigenvalue weighted by Crippen LogP contribution is 2.38. The lowest BCUT2D eigenvalue weighted by Gasteiger charge is -2.45. The molecule has 2 rings (SSSR count). The maximum Gasteiger partial charge on any atom is 0.308 e. The molecule has 1 N–H and O–H groups in total. The Morgan fingerprint density at radius 2 is 2.05 bits per heavy atom. The number of amides is 1. The summed E-state index contributed by atoms with van der Waals surface area (Å²) < 4.78 is 0. The highest BCUT2D eigenvalue weighted by molar-refractivity contribution is 5.82. The molecule has 1 saturated heterocycles. The van der Waals surface area contributed by atoms with Crippen LogP contribution in [0.25, 0.3) is 0 Å². The molecule has 0 aromatic heterocycles. The average Bonchev–Trinajstić information content (AvgIpc) is 3.10. The lowest BCUT2D eigenvalue weighted by atomic mass is 9.79. The van der Waals surface area contributed by atoms with E-state index in [0.29, 0.717) is 6.42 Å². The number of likely N-dealkylation sites (tertiary alicyclic amines) is 1. The molecule has 1 amide bonds. The Hall–Kier alpha value is -1.06. The molecule has 1 aliphatic carbocycles. The third-order valence-electron chi connectivity index (χ3n) is 4.81. The standard InChI is InChI=1S/C15H25NO3/c1-4-12(8-11-5-6-11)16-10(3)14(15(18)19)9(2)7-13(16)17/h9-12,14H,4-8H2,1-3H3,(H,18,19). The van der Waals surface area contributed by atoms with Crippen molar-refractivity contribution in [1.29, 1.82) is 0 Å². The van der Waals surface area contributed by atoms with E-state index in [9.17, 15) is 14.7 Å². The molecule has 4 unspecified atom stereocenters. The summed E-state index contributed by atoms with van der Waals surface area (Å²) in [5.74, 6) is -0.350. The largest absolute Gasteiger partial charge is 0.481 e. The van der Waals surface area contributed by atoms with Crippen LogP contribution < -0.4 is 0 Å². The van der Waals surface area contributed by atoms with E-state index in [2.05, 4.69) is 6.92 Å². The lowest BCUT2D eigenvalue weighted by Crippen LogP contribution is -2.56. The van der Waals surface area contributed by atoms with Gasteiger partial charge in [-0.3, -0.25) is 9.59 Å². The van der Waals surface area contributed by atoms with Crippen molar-refractivity contribution in [3.8, 4) is 0 Å². The smallest absolute Gasteiger partial charge is 0.308 e.